The van der Waals surface area contributed by atoms with Crippen molar-refractivity contribution >= 4 is 11.7 Å². The van der Waals surface area contributed by atoms with E-state index in [2.05, 4.69) is 92.5 Å². The molecule has 3 heteroatoms. The molecule has 0 amide bonds. The second kappa shape index (κ2) is 9.42. The van der Waals surface area contributed by atoms with Gasteiger partial charge in [-0.1, -0.05) is 48.5 Å². The summed E-state index contributed by atoms with van der Waals surface area (Å²) < 4.78 is 4.71. The predicted molar refractivity (Wildman–Crippen MR) is 120 cm³/mol. The summed E-state index contributed by atoms with van der Waals surface area (Å²) in [5, 5.41) is 0. The molecule has 0 radical (unpaired) electrons. The van der Waals surface area contributed by atoms with Crippen LogP contribution in [0.2, 0.25) is 0 Å². The number of nitrogens with zero attached hydrogens (tertiary/aromatic N) is 1. The third-order valence-electron chi connectivity index (χ3n) is 5.34. The lowest BCUT2D eigenvalue weighted by atomic mass is 9.94. The van der Waals surface area contributed by atoms with E-state index in [-0.39, 0.29) is 5.97 Å². The van der Waals surface area contributed by atoms with E-state index >= 15 is 0 Å². The predicted octanol–water partition coefficient (Wildman–Crippen LogP) is 5.71. The summed E-state index contributed by atoms with van der Waals surface area (Å²) in [6.07, 6.45) is 1.12. The summed E-state index contributed by atoms with van der Waals surface area (Å²) in [7, 11) is 3.53. The molecule has 3 nitrogen and oxygen atoms in total. The van der Waals surface area contributed by atoms with Crippen molar-refractivity contribution in [2.75, 3.05) is 19.1 Å². The highest BCUT2D eigenvalue weighted by atomic mass is 16.5. The Morgan fingerprint density at radius 2 is 1.55 bits per heavy atom. The Labute approximate surface area is 174 Å². The van der Waals surface area contributed by atoms with Crippen molar-refractivity contribution in [2.24, 2.45) is 0 Å². The smallest absolute Gasteiger partial charge is 0.305 e. The molecule has 3 rings (SSSR count). The first-order valence-electron chi connectivity index (χ1n) is 10.0. The standard InChI is InChI=1S/C26H29NO2/c1-19-7-5-8-20(2)26(19)23-10-6-9-22(17-23)18-27(3)24-14-11-21(12-15-24)13-16-25(28)29-4/h5-12,14-15,17H,13,16,18H2,1-4H3. The topological polar surface area (TPSA) is 29.5 Å². The fraction of sp³-hybridized carbons (Fsp3) is 0.269. The van der Waals surface area contributed by atoms with Crippen molar-refractivity contribution in [3.05, 3.63) is 89.0 Å². The second-order valence-electron chi connectivity index (χ2n) is 7.57. The van der Waals surface area contributed by atoms with Gasteiger partial charge in [0.25, 0.3) is 0 Å². The molecule has 29 heavy (non-hydrogen) atoms. The van der Waals surface area contributed by atoms with Crippen LogP contribution >= 0.6 is 0 Å². The van der Waals surface area contributed by atoms with Gasteiger partial charge in [0.05, 0.1) is 7.11 Å². The van der Waals surface area contributed by atoms with Crippen molar-refractivity contribution in [1.82, 2.24) is 0 Å². The Morgan fingerprint density at radius 3 is 2.21 bits per heavy atom. The molecule has 150 valence electrons. The number of anilines is 1. The third kappa shape index (κ3) is 5.26. The molecule has 0 fully saturated rings. The molecular weight excluding hydrogens is 358 g/mol. The lowest BCUT2D eigenvalue weighted by Crippen LogP contribution is -2.16. The Morgan fingerprint density at radius 1 is 0.897 bits per heavy atom. The van der Waals surface area contributed by atoms with Gasteiger partial charge in [-0.25, -0.2) is 0 Å². The summed E-state index contributed by atoms with van der Waals surface area (Å²) in [5.41, 5.74) is 8.78. The average Bonchev–Trinajstić information content (AvgIpc) is 2.72. The summed E-state index contributed by atoms with van der Waals surface area (Å²) in [5.74, 6) is -0.171. The fourth-order valence-corrected chi connectivity index (χ4v) is 3.73. The maximum atomic E-state index is 11.3. The van der Waals surface area contributed by atoms with E-state index in [0.29, 0.717) is 12.8 Å². The highest BCUT2D eigenvalue weighted by molar-refractivity contribution is 5.71. The maximum Gasteiger partial charge on any atom is 0.305 e. The van der Waals surface area contributed by atoms with Gasteiger partial charge in [-0.3, -0.25) is 4.79 Å². The molecule has 0 unspecified atom stereocenters. The van der Waals surface area contributed by atoms with Crippen LogP contribution in [0.1, 0.15) is 28.7 Å². The van der Waals surface area contributed by atoms with E-state index < -0.39 is 0 Å². The Bertz CT molecular complexity index is 956. The molecule has 0 aliphatic heterocycles. The number of esters is 1. The van der Waals surface area contributed by atoms with Crippen LogP contribution in [0.15, 0.2) is 66.7 Å². The first-order valence-corrected chi connectivity index (χ1v) is 10.0. The molecule has 0 saturated carbocycles. The molecule has 3 aromatic carbocycles. The Balaban J connectivity index is 1.71. The van der Waals surface area contributed by atoms with Gasteiger partial charge in [-0.05, 0) is 71.8 Å². The highest BCUT2D eigenvalue weighted by Gasteiger charge is 2.08. The number of hydrogen-bond acceptors (Lipinski definition) is 3. The summed E-state index contributed by atoms with van der Waals surface area (Å²) >= 11 is 0. The number of ether oxygens (including phenoxy) is 1. The SMILES string of the molecule is COC(=O)CCc1ccc(N(C)Cc2cccc(-c3c(C)cccc3C)c2)cc1. The van der Waals surface area contributed by atoms with Crippen LogP contribution in [-0.2, 0) is 22.5 Å². The van der Waals surface area contributed by atoms with Gasteiger partial charge in [-0.2, -0.15) is 0 Å². The summed E-state index contributed by atoms with van der Waals surface area (Å²) in [6, 6.07) is 23.6. The van der Waals surface area contributed by atoms with E-state index in [9.17, 15) is 4.79 Å². The first-order chi connectivity index (χ1) is 14.0. The lowest BCUT2D eigenvalue weighted by molar-refractivity contribution is -0.140. The van der Waals surface area contributed by atoms with Crippen molar-refractivity contribution in [2.45, 2.75) is 33.2 Å². The summed E-state index contributed by atoms with van der Waals surface area (Å²) in [6.45, 7) is 5.17. The van der Waals surface area contributed by atoms with Crippen LogP contribution in [-0.4, -0.2) is 20.1 Å². The van der Waals surface area contributed by atoms with E-state index in [1.165, 1.54) is 34.9 Å². The Kier molecular flexibility index (Phi) is 6.71. The van der Waals surface area contributed by atoms with E-state index in [4.69, 9.17) is 4.74 Å². The molecule has 0 spiro atoms. The van der Waals surface area contributed by atoms with Crippen LogP contribution in [0.5, 0.6) is 0 Å². The second-order valence-corrected chi connectivity index (χ2v) is 7.57. The largest absolute Gasteiger partial charge is 0.469 e. The average molecular weight is 388 g/mol. The van der Waals surface area contributed by atoms with Gasteiger partial charge in [0, 0.05) is 25.7 Å². The number of hydrogen-bond donors (Lipinski definition) is 0. The molecule has 3 aromatic rings. The number of methoxy groups -OCH3 is 1. The van der Waals surface area contributed by atoms with Gasteiger partial charge >= 0.3 is 5.97 Å². The molecule has 0 aliphatic carbocycles. The minimum Gasteiger partial charge on any atom is -0.469 e. The number of carbonyl (C=O) groups excluding carboxylic acids is 1. The van der Waals surface area contributed by atoms with Crippen molar-refractivity contribution in [1.29, 1.82) is 0 Å². The highest BCUT2D eigenvalue weighted by Crippen LogP contribution is 2.28. The molecule has 0 heterocycles. The zero-order valence-electron chi connectivity index (χ0n) is 17.7. The third-order valence-corrected chi connectivity index (χ3v) is 5.34. The van der Waals surface area contributed by atoms with Crippen LogP contribution in [0.4, 0.5) is 5.69 Å². The molecule has 0 N–H and O–H groups in total. The number of carbonyl (C=O) groups is 1. The van der Waals surface area contributed by atoms with E-state index in [1.54, 1.807) is 0 Å². The molecule has 0 aliphatic rings. The maximum absolute atomic E-state index is 11.3. The van der Waals surface area contributed by atoms with Crippen LogP contribution < -0.4 is 4.90 Å². The normalized spacial score (nSPS) is 10.6. The molecule has 0 saturated heterocycles. The molecule has 0 bridgehead atoms. The van der Waals surface area contributed by atoms with Crippen LogP contribution in [0, 0.1) is 13.8 Å². The van der Waals surface area contributed by atoms with Gasteiger partial charge < -0.3 is 9.64 Å². The molecule has 0 aromatic heterocycles. The van der Waals surface area contributed by atoms with Crippen molar-refractivity contribution < 1.29 is 9.53 Å². The van der Waals surface area contributed by atoms with E-state index in [1.807, 2.05) is 0 Å². The quantitative estimate of drug-likeness (QED) is 0.486. The molecule has 0 atom stereocenters. The minimum absolute atomic E-state index is 0.171. The van der Waals surface area contributed by atoms with E-state index in [0.717, 1.165) is 17.8 Å². The zero-order chi connectivity index (χ0) is 20.8. The van der Waals surface area contributed by atoms with Crippen molar-refractivity contribution in [3.8, 4) is 11.1 Å². The zero-order valence-corrected chi connectivity index (χ0v) is 17.7. The monoisotopic (exact) mass is 387 g/mol. The first kappa shape index (κ1) is 20.7. The lowest BCUT2D eigenvalue weighted by Gasteiger charge is -2.20. The van der Waals surface area contributed by atoms with Crippen molar-refractivity contribution in [3.63, 3.8) is 0 Å². The number of aryl methyl sites for hydroxylation is 3. The fourth-order valence-electron chi connectivity index (χ4n) is 3.73. The molecular formula is C26H29NO2. The number of benzene rings is 3. The minimum atomic E-state index is -0.171. The summed E-state index contributed by atoms with van der Waals surface area (Å²) in [4.78, 5) is 13.5. The van der Waals surface area contributed by atoms with Gasteiger partial charge in [0.15, 0.2) is 0 Å². The van der Waals surface area contributed by atoms with Gasteiger partial charge in [0.2, 0.25) is 0 Å². The van der Waals surface area contributed by atoms with Gasteiger partial charge in [0.1, 0.15) is 0 Å². The number of rotatable bonds is 7. The van der Waals surface area contributed by atoms with Crippen LogP contribution in [0.3, 0.4) is 0 Å². The van der Waals surface area contributed by atoms with Crippen LogP contribution in [0.25, 0.3) is 11.1 Å². The van der Waals surface area contributed by atoms with Gasteiger partial charge in [-0.15, -0.1) is 0 Å². The Hall–Kier alpha value is -3.07.